The number of ketones is 1. The Hall–Kier alpha value is -2.10. The Morgan fingerprint density at radius 2 is 1.74 bits per heavy atom. The van der Waals surface area contributed by atoms with Crippen LogP contribution in [0.3, 0.4) is 0 Å². The molecule has 0 spiro atoms. The zero-order valence-corrected chi connectivity index (χ0v) is 14.3. The normalized spacial score (nSPS) is 11.0. The lowest BCUT2D eigenvalue weighted by Gasteiger charge is -1.99. The first-order valence-corrected chi connectivity index (χ1v) is 8.13. The summed E-state index contributed by atoms with van der Waals surface area (Å²) in [4.78, 5) is 12.1. The minimum atomic E-state index is -0.0757. The first-order valence-electron chi connectivity index (χ1n) is 6.96. The second-order valence-electron chi connectivity index (χ2n) is 4.89. The van der Waals surface area contributed by atoms with E-state index in [1.165, 1.54) is 6.08 Å². The molecule has 2 nitrogen and oxygen atoms in total. The summed E-state index contributed by atoms with van der Waals surface area (Å²) in [6, 6.07) is 18.3. The molecule has 114 valence electrons. The molecule has 0 saturated heterocycles. The molecule has 23 heavy (non-hydrogen) atoms. The van der Waals surface area contributed by atoms with Crippen molar-refractivity contribution in [1.29, 1.82) is 0 Å². The number of hydrogen-bond acceptors (Lipinski definition) is 2. The van der Waals surface area contributed by atoms with Crippen LogP contribution in [0.15, 0.2) is 75.6 Å². The van der Waals surface area contributed by atoms with E-state index in [1.807, 2.05) is 48.5 Å². The second-order valence-corrected chi connectivity index (χ2v) is 6.21. The molecule has 0 aliphatic heterocycles. The van der Waals surface area contributed by atoms with Crippen molar-refractivity contribution < 1.29 is 9.21 Å². The van der Waals surface area contributed by atoms with Gasteiger partial charge in [-0.15, -0.1) is 0 Å². The van der Waals surface area contributed by atoms with Gasteiger partial charge in [-0.05, 0) is 60.7 Å². The van der Waals surface area contributed by atoms with Crippen LogP contribution < -0.4 is 0 Å². The Morgan fingerprint density at radius 3 is 2.48 bits per heavy atom. The fraction of sp³-hybridized carbons (Fsp3) is 0. The molecule has 1 heterocycles. The largest absolute Gasteiger partial charge is 0.457 e. The van der Waals surface area contributed by atoms with E-state index in [4.69, 9.17) is 16.0 Å². The van der Waals surface area contributed by atoms with Gasteiger partial charge in [-0.3, -0.25) is 4.79 Å². The summed E-state index contributed by atoms with van der Waals surface area (Å²) >= 11 is 9.50. The Bertz CT molecular complexity index is 863. The molecule has 0 aliphatic rings. The summed E-state index contributed by atoms with van der Waals surface area (Å²) in [7, 11) is 0. The van der Waals surface area contributed by atoms with Gasteiger partial charge in [0.05, 0.1) is 5.02 Å². The van der Waals surface area contributed by atoms with Gasteiger partial charge < -0.3 is 4.42 Å². The minimum absolute atomic E-state index is 0.0757. The quantitative estimate of drug-likeness (QED) is 0.391. The smallest absolute Gasteiger partial charge is 0.185 e. The van der Waals surface area contributed by atoms with Gasteiger partial charge in [-0.2, -0.15) is 0 Å². The van der Waals surface area contributed by atoms with Crippen LogP contribution in [-0.4, -0.2) is 5.78 Å². The SMILES string of the molecule is O=C(/C=C/c1ccc(-c2ccccc2Cl)o1)c1ccc(Br)cc1. The molecular formula is C19H12BrClO2. The van der Waals surface area contributed by atoms with Gasteiger partial charge in [0, 0.05) is 15.6 Å². The molecule has 4 heteroatoms. The van der Waals surface area contributed by atoms with E-state index in [1.54, 1.807) is 18.2 Å². The molecule has 3 rings (SSSR count). The van der Waals surface area contributed by atoms with Gasteiger partial charge >= 0.3 is 0 Å². The number of carbonyl (C=O) groups is 1. The summed E-state index contributed by atoms with van der Waals surface area (Å²) in [6.07, 6.45) is 3.16. The zero-order chi connectivity index (χ0) is 16.2. The first-order chi connectivity index (χ1) is 11.1. The van der Waals surface area contributed by atoms with Crippen molar-refractivity contribution in [3.8, 4) is 11.3 Å². The average Bonchev–Trinajstić information content (AvgIpc) is 3.02. The predicted octanol–water partition coefficient (Wildman–Crippen LogP) is 6.26. The Morgan fingerprint density at radius 1 is 1.00 bits per heavy atom. The standard InChI is InChI=1S/C19H12BrClO2/c20-14-7-5-13(6-8-14)18(22)11-9-15-10-12-19(23-15)16-3-1-2-4-17(16)21/h1-12H/b11-9+. The molecule has 0 N–H and O–H groups in total. The van der Waals surface area contributed by atoms with E-state index in [0.29, 0.717) is 22.1 Å². The number of rotatable bonds is 4. The van der Waals surface area contributed by atoms with E-state index in [0.717, 1.165) is 10.0 Å². The maximum absolute atomic E-state index is 12.1. The van der Waals surface area contributed by atoms with Gasteiger partial charge in [0.15, 0.2) is 5.78 Å². The summed E-state index contributed by atoms with van der Waals surface area (Å²) in [6.45, 7) is 0. The zero-order valence-electron chi connectivity index (χ0n) is 12.0. The predicted molar refractivity (Wildman–Crippen MR) is 96.7 cm³/mol. The maximum Gasteiger partial charge on any atom is 0.185 e. The van der Waals surface area contributed by atoms with Crippen LogP contribution in [0.25, 0.3) is 17.4 Å². The lowest BCUT2D eigenvalue weighted by molar-refractivity contribution is 0.104. The molecule has 1 aromatic heterocycles. The van der Waals surface area contributed by atoms with Crippen molar-refractivity contribution in [1.82, 2.24) is 0 Å². The van der Waals surface area contributed by atoms with Crippen LogP contribution in [0, 0.1) is 0 Å². The Kier molecular flexibility index (Phi) is 4.79. The third-order valence-electron chi connectivity index (χ3n) is 3.29. The van der Waals surface area contributed by atoms with Crippen LogP contribution in [0.4, 0.5) is 0 Å². The van der Waals surface area contributed by atoms with Gasteiger partial charge in [0.1, 0.15) is 11.5 Å². The van der Waals surface area contributed by atoms with Crippen LogP contribution in [0.5, 0.6) is 0 Å². The third kappa shape index (κ3) is 3.81. The van der Waals surface area contributed by atoms with Crippen molar-refractivity contribution in [3.05, 3.63) is 87.6 Å². The second kappa shape index (κ2) is 6.99. The molecule has 2 aromatic carbocycles. The van der Waals surface area contributed by atoms with E-state index in [9.17, 15) is 4.79 Å². The van der Waals surface area contributed by atoms with Gasteiger partial charge in [0.25, 0.3) is 0 Å². The van der Waals surface area contributed by atoms with Crippen molar-refractivity contribution in [3.63, 3.8) is 0 Å². The summed E-state index contributed by atoms with van der Waals surface area (Å²) in [5.74, 6) is 1.20. The van der Waals surface area contributed by atoms with Gasteiger partial charge in [0.2, 0.25) is 0 Å². The van der Waals surface area contributed by atoms with Crippen molar-refractivity contribution in [2.75, 3.05) is 0 Å². The fourth-order valence-corrected chi connectivity index (χ4v) is 2.61. The van der Waals surface area contributed by atoms with Crippen LogP contribution >= 0.6 is 27.5 Å². The van der Waals surface area contributed by atoms with Gasteiger partial charge in [-0.25, -0.2) is 0 Å². The van der Waals surface area contributed by atoms with Crippen LogP contribution in [0.1, 0.15) is 16.1 Å². The first kappa shape index (κ1) is 15.8. The summed E-state index contributed by atoms with van der Waals surface area (Å²) < 4.78 is 6.66. The molecule has 0 aliphatic carbocycles. The number of furan rings is 1. The van der Waals surface area contributed by atoms with E-state index in [2.05, 4.69) is 15.9 Å². The molecule has 0 amide bonds. The van der Waals surface area contributed by atoms with Crippen molar-refractivity contribution in [2.24, 2.45) is 0 Å². The lowest BCUT2D eigenvalue weighted by atomic mass is 10.1. The fourth-order valence-electron chi connectivity index (χ4n) is 2.12. The highest BCUT2D eigenvalue weighted by Gasteiger charge is 2.07. The molecule has 0 radical (unpaired) electrons. The van der Waals surface area contributed by atoms with E-state index >= 15 is 0 Å². The van der Waals surface area contributed by atoms with E-state index < -0.39 is 0 Å². The Balaban J connectivity index is 1.77. The molecule has 0 bridgehead atoms. The third-order valence-corrected chi connectivity index (χ3v) is 4.15. The highest BCUT2D eigenvalue weighted by Crippen LogP contribution is 2.29. The van der Waals surface area contributed by atoms with Gasteiger partial charge in [-0.1, -0.05) is 39.7 Å². The number of carbonyl (C=O) groups excluding carboxylic acids is 1. The molecule has 3 aromatic rings. The average molecular weight is 388 g/mol. The summed E-state index contributed by atoms with van der Waals surface area (Å²) in [5.41, 5.74) is 1.45. The summed E-state index contributed by atoms with van der Waals surface area (Å²) in [5, 5.41) is 0.628. The number of allylic oxidation sites excluding steroid dienone is 1. The topological polar surface area (TPSA) is 30.2 Å². The molecule has 0 saturated carbocycles. The number of benzene rings is 2. The Labute approximate surface area is 147 Å². The molecule has 0 unspecified atom stereocenters. The van der Waals surface area contributed by atoms with Crippen LogP contribution in [-0.2, 0) is 0 Å². The van der Waals surface area contributed by atoms with Crippen molar-refractivity contribution in [2.45, 2.75) is 0 Å². The lowest BCUT2D eigenvalue weighted by Crippen LogP contribution is -1.92. The molecular weight excluding hydrogens is 376 g/mol. The number of halogens is 2. The number of hydrogen-bond donors (Lipinski definition) is 0. The highest BCUT2D eigenvalue weighted by atomic mass is 79.9. The monoisotopic (exact) mass is 386 g/mol. The maximum atomic E-state index is 12.1. The van der Waals surface area contributed by atoms with Crippen molar-refractivity contribution >= 4 is 39.4 Å². The molecule has 0 fully saturated rings. The molecule has 0 atom stereocenters. The van der Waals surface area contributed by atoms with Crippen LogP contribution in [0.2, 0.25) is 5.02 Å². The minimum Gasteiger partial charge on any atom is -0.457 e. The highest BCUT2D eigenvalue weighted by molar-refractivity contribution is 9.10. The van der Waals surface area contributed by atoms with E-state index in [-0.39, 0.29) is 5.78 Å².